The van der Waals surface area contributed by atoms with Gasteiger partial charge >= 0.3 is 5.97 Å². The van der Waals surface area contributed by atoms with Gasteiger partial charge in [0.15, 0.2) is 12.1 Å². The van der Waals surface area contributed by atoms with Gasteiger partial charge < -0.3 is 25.0 Å². The van der Waals surface area contributed by atoms with E-state index in [0.717, 1.165) is 80.9 Å². The standard InChI is InChI=1S/C35H40N4O4/c1-8-11-21-17(5)24-12-23-16(4)19(9-2)26(36-23)14-28-22(15-40)20(10-3)27(37-28)13-25-18(6)29-33(39-25)30(32(21)38-24)31(34(29)41)35(42)43-7/h12-15,21,31-32,36-39H,8-11H2,1-7H3/b23-12-,25-13-,26-14-/t21-,31+,32?/m0/s1. The lowest BCUT2D eigenvalue weighted by Gasteiger charge is -2.25. The first-order valence-electron chi connectivity index (χ1n) is 15.3. The van der Waals surface area contributed by atoms with Crippen LogP contribution < -0.4 is 26.7 Å². The Kier molecular flexibility index (Phi) is 7.19. The van der Waals surface area contributed by atoms with E-state index in [2.05, 4.69) is 54.0 Å². The number of rotatable bonds is 6. The van der Waals surface area contributed by atoms with Crippen LogP contribution >= 0.6 is 0 Å². The normalized spacial score (nSPS) is 22.9. The number of esters is 1. The number of allylic oxidation sites excluding steroid dienone is 1. The van der Waals surface area contributed by atoms with Gasteiger partial charge in [-0.2, -0.15) is 0 Å². The van der Waals surface area contributed by atoms with Crippen molar-refractivity contribution in [2.75, 3.05) is 7.11 Å². The maximum absolute atomic E-state index is 14.0. The third-order valence-electron chi connectivity index (χ3n) is 9.81. The zero-order valence-electron chi connectivity index (χ0n) is 26.0. The van der Waals surface area contributed by atoms with Crippen LogP contribution in [0.4, 0.5) is 0 Å². The van der Waals surface area contributed by atoms with E-state index in [-0.39, 0.29) is 17.7 Å². The predicted octanol–water partition coefficient (Wildman–Crippen LogP) is 2.48. The third-order valence-corrected chi connectivity index (χ3v) is 9.81. The Morgan fingerprint density at radius 2 is 1.60 bits per heavy atom. The lowest BCUT2D eigenvalue weighted by atomic mass is 9.82. The van der Waals surface area contributed by atoms with Crippen molar-refractivity contribution >= 4 is 41.8 Å². The number of ether oxygens (including phenoxy) is 1. The smallest absolute Gasteiger partial charge is 0.320 e. The summed E-state index contributed by atoms with van der Waals surface area (Å²) in [5.41, 5.74) is 9.71. The van der Waals surface area contributed by atoms with Crippen molar-refractivity contribution in [2.24, 2.45) is 11.8 Å². The molecule has 3 aromatic heterocycles. The Morgan fingerprint density at radius 3 is 2.26 bits per heavy atom. The van der Waals surface area contributed by atoms with Crippen LogP contribution in [0.3, 0.4) is 0 Å². The minimum Gasteiger partial charge on any atom is -0.468 e. The van der Waals surface area contributed by atoms with Crippen molar-refractivity contribution in [3.63, 3.8) is 0 Å². The summed E-state index contributed by atoms with van der Waals surface area (Å²) in [6, 6.07) is -0.254. The molecule has 1 aliphatic carbocycles. The molecular formula is C35H40N4O4. The molecule has 8 nitrogen and oxygen atoms in total. The van der Waals surface area contributed by atoms with Gasteiger partial charge in [0.2, 0.25) is 0 Å². The van der Waals surface area contributed by atoms with Gasteiger partial charge in [0.05, 0.1) is 24.2 Å². The second-order valence-electron chi connectivity index (χ2n) is 12.0. The maximum atomic E-state index is 14.0. The number of ketones is 1. The molecule has 0 radical (unpaired) electrons. The van der Waals surface area contributed by atoms with E-state index in [9.17, 15) is 14.4 Å². The van der Waals surface area contributed by atoms with Gasteiger partial charge in [-0.1, -0.05) is 27.2 Å². The fraction of sp³-hybridized carbons (Fsp3) is 0.400. The molecule has 8 bridgehead atoms. The zero-order valence-corrected chi connectivity index (χ0v) is 26.0. The van der Waals surface area contributed by atoms with Crippen molar-refractivity contribution in [1.29, 1.82) is 0 Å². The van der Waals surface area contributed by atoms with Gasteiger partial charge in [-0.15, -0.1) is 0 Å². The number of hydrogen-bond acceptors (Lipinski definition) is 5. The highest BCUT2D eigenvalue weighted by molar-refractivity contribution is 6.19. The molecule has 0 spiro atoms. The molecule has 0 fully saturated rings. The number of carbonyl (C=O) groups excluding carboxylic acids is 3. The summed E-state index contributed by atoms with van der Waals surface area (Å²) in [7, 11) is 1.34. The maximum Gasteiger partial charge on any atom is 0.320 e. The molecule has 0 aromatic carbocycles. The molecule has 43 heavy (non-hydrogen) atoms. The number of methoxy groups -OCH3 is 1. The third kappa shape index (κ3) is 4.21. The lowest BCUT2D eigenvalue weighted by molar-refractivity contribution is -0.141. The Morgan fingerprint density at radius 1 is 0.907 bits per heavy atom. The monoisotopic (exact) mass is 580 g/mol. The number of hydrogen-bond donors (Lipinski definition) is 4. The van der Waals surface area contributed by atoms with Crippen LogP contribution in [0.5, 0.6) is 0 Å². The second-order valence-corrected chi connectivity index (χ2v) is 12.0. The number of carbonyl (C=O) groups is 3. The van der Waals surface area contributed by atoms with E-state index in [1.165, 1.54) is 18.2 Å². The summed E-state index contributed by atoms with van der Waals surface area (Å²) in [5, 5.41) is 7.19. The highest BCUT2D eigenvalue weighted by atomic mass is 16.5. The first kappa shape index (κ1) is 28.8. The minimum absolute atomic E-state index is 0.100. The molecule has 0 amide bonds. The average Bonchev–Trinajstić information content (AvgIpc) is 3.74. The molecule has 3 atom stereocenters. The van der Waals surface area contributed by atoms with E-state index in [0.29, 0.717) is 22.9 Å². The van der Waals surface area contributed by atoms with E-state index >= 15 is 0 Å². The quantitative estimate of drug-likeness (QED) is 0.203. The number of H-pyrrole nitrogens is 3. The van der Waals surface area contributed by atoms with Crippen LogP contribution in [0, 0.1) is 25.7 Å². The minimum atomic E-state index is -1.01. The molecule has 8 heteroatoms. The Balaban J connectivity index is 1.77. The van der Waals surface area contributed by atoms with Crippen LogP contribution in [0.25, 0.3) is 23.8 Å². The van der Waals surface area contributed by atoms with Crippen molar-refractivity contribution in [2.45, 2.75) is 73.3 Å². The molecule has 0 saturated carbocycles. The number of fused-ring (bicyclic) bond motifs is 8. The van der Waals surface area contributed by atoms with Gasteiger partial charge in [-0.05, 0) is 91.7 Å². The first-order valence-corrected chi connectivity index (χ1v) is 15.3. The van der Waals surface area contributed by atoms with Crippen molar-refractivity contribution in [3.05, 3.63) is 77.4 Å². The number of aromatic amines is 3. The SMILES string of the molecule is CCC[C@H]1C(C)=C2/C=c3\[nH]/c(c(CC)c3C)=C\c3[nH]c(c(CC)c3C=O)/C=c3\[nH]c4c(c3C)C(=O)[C@H](C(=O)OC)C=4C1N2. The molecule has 3 aliphatic rings. The summed E-state index contributed by atoms with van der Waals surface area (Å²) in [4.78, 5) is 50.3. The second kappa shape index (κ2) is 10.7. The Hall–Kier alpha value is -4.33. The van der Waals surface area contributed by atoms with Crippen molar-refractivity contribution in [1.82, 2.24) is 20.3 Å². The molecule has 4 N–H and O–H groups in total. The van der Waals surface area contributed by atoms with Gasteiger partial charge in [-0.25, -0.2) is 0 Å². The van der Waals surface area contributed by atoms with Gasteiger partial charge in [0.1, 0.15) is 5.92 Å². The Bertz CT molecular complexity index is 1980. The Labute approximate surface area is 250 Å². The zero-order chi connectivity index (χ0) is 30.7. The summed E-state index contributed by atoms with van der Waals surface area (Å²) in [6.07, 6.45) is 10.5. The first-order chi connectivity index (χ1) is 20.7. The van der Waals surface area contributed by atoms with E-state index in [1.807, 2.05) is 26.0 Å². The van der Waals surface area contributed by atoms with Crippen LogP contribution in [0.1, 0.15) is 94.9 Å². The average molecular weight is 581 g/mol. The van der Waals surface area contributed by atoms with E-state index < -0.39 is 11.9 Å². The van der Waals surface area contributed by atoms with Crippen LogP contribution in [0.2, 0.25) is 0 Å². The number of Topliss-reactive ketones (excluding diaryl/α,β-unsaturated/α-hetero) is 1. The molecular weight excluding hydrogens is 540 g/mol. The summed E-state index contributed by atoms with van der Waals surface area (Å²) >= 11 is 0. The van der Waals surface area contributed by atoms with Crippen molar-refractivity contribution < 1.29 is 19.1 Å². The fourth-order valence-corrected chi connectivity index (χ4v) is 7.56. The predicted molar refractivity (Wildman–Crippen MR) is 167 cm³/mol. The van der Waals surface area contributed by atoms with Gasteiger partial charge in [0, 0.05) is 44.5 Å². The summed E-state index contributed by atoms with van der Waals surface area (Å²) in [5.74, 6) is -1.68. The van der Waals surface area contributed by atoms with E-state index in [1.54, 1.807) is 0 Å². The molecule has 0 saturated heterocycles. The summed E-state index contributed by atoms with van der Waals surface area (Å²) < 4.78 is 5.20. The molecule has 1 unspecified atom stereocenters. The molecule has 224 valence electrons. The largest absolute Gasteiger partial charge is 0.468 e. The number of nitrogens with one attached hydrogen (secondary N) is 4. The molecule has 2 aliphatic heterocycles. The van der Waals surface area contributed by atoms with Gasteiger partial charge in [-0.3, -0.25) is 14.4 Å². The summed E-state index contributed by atoms with van der Waals surface area (Å²) in [6.45, 7) is 12.5. The number of aromatic nitrogens is 3. The number of aldehydes is 1. The van der Waals surface area contributed by atoms with Crippen molar-refractivity contribution in [3.8, 4) is 0 Å². The molecule has 6 rings (SSSR count). The molecule has 5 heterocycles. The topological polar surface area (TPSA) is 120 Å². The highest BCUT2D eigenvalue weighted by Crippen LogP contribution is 2.39. The molecule has 3 aromatic rings. The fourth-order valence-electron chi connectivity index (χ4n) is 7.56. The highest BCUT2D eigenvalue weighted by Gasteiger charge is 2.47. The van der Waals surface area contributed by atoms with Crippen LogP contribution in [-0.4, -0.2) is 46.1 Å². The van der Waals surface area contributed by atoms with Gasteiger partial charge in [0.25, 0.3) is 0 Å². The van der Waals surface area contributed by atoms with Crippen LogP contribution in [-0.2, 0) is 22.4 Å². The lowest BCUT2D eigenvalue weighted by Crippen LogP contribution is -2.38. The van der Waals surface area contributed by atoms with Crippen LogP contribution in [0.15, 0.2) is 11.3 Å². The van der Waals surface area contributed by atoms with E-state index in [4.69, 9.17) is 4.74 Å².